The maximum atomic E-state index is 10.9. The lowest BCUT2D eigenvalue weighted by Crippen LogP contribution is -2.26. The van der Waals surface area contributed by atoms with Crippen molar-refractivity contribution in [1.29, 1.82) is 0 Å². The van der Waals surface area contributed by atoms with Crippen LogP contribution in [0.2, 0.25) is 0 Å². The van der Waals surface area contributed by atoms with E-state index in [2.05, 4.69) is 29.0 Å². The van der Waals surface area contributed by atoms with Gasteiger partial charge < -0.3 is 5.32 Å². The van der Waals surface area contributed by atoms with E-state index < -0.39 is 10.0 Å². The first kappa shape index (κ1) is 16.1. The molecule has 0 spiro atoms. The van der Waals surface area contributed by atoms with Crippen LogP contribution in [0.15, 0.2) is 6.20 Å². The molecule has 0 saturated heterocycles. The van der Waals surface area contributed by atoms with Crippen LogP contribution in [0.1, 0.15) is 37.4 Å². The Labute approximate surface area is 115 Å². The van der Waals surface area contributed by atoms with E-state index in [0.717, 1.165) is 25.2 Å². The summed E-state index contributed by atoms with van der Waals surface area (Å²) in [5.74, 6) is 0.407. The first-order chi connectivity index (χ1) is 8.79. The van der Waals surface area contributed by atoms with Crippen molar-refractivity contribution in [1.82, 2.24) is 19.8 Å². The van der Waals surface area contributed by atoms with E-state index in [4.69, 9.17) is 0 Å². The zero-order valence-electron chi connectivity index (χ0n) is 12.1. The zero-order valence-corrected chi connectivity index (χ0v) is 12.9. The van der Waals surface area contributed by atoms with Gasteiger partial charge in [0.05, 0.1) is 11.9 Å². The molecule has 19 heavy (non-hydrogen) atoms. The van der Waals surface area contributed by atoms with Crippen molar-refractivity contribution in [2.75, 3.05) is 19.3 Å². The van der Waals surface area contributed by atoms with Crippen LogP contribution in [0.4, 0.5) is 0 Å². The third-order valence-electron chi connectivity index (χ3n) is 2.69. The molecule has 110 valence electrons. The Morgan fingerprint density at radius 3 is 2.63 bits per heavy atom. The van der Waals surface area contributed by atoms with Gasteiger partial charge in [-0.2, -0.15) is 5.10 Å². The summed E-state index contributed by atoms with van der Waals surface area (Å²) in [5, 5.41) is 7.75. The number of hydrogen-bond acceptors (Lipinski definition) is 4. The number of nitrogens with zero attached hydrogens (tertiary/aromatic N) is 2. The van der Waals surface area contributed by atoms with Gasteiger partial charge in [-0.1, -0.05) is 13.8 Å². The van der Waals surface area contributed by atoms with Gasteiger partial charge in [0.15, 0.2) is 0 Å². The minimum absolute atomic E-state index is 0.407. The van der Waals surface area contributed by atoms with Gasteiger partial charge in [-0.25, -0.2) is 13.1 Å². The van der Waals surface area contributed by atoms with Gasteiger partial charge in [-0.05, 0) is 18.9 Å². The summed E-state index contributed by atoms with van der Waals surface area (Å²) < 4.78 is 26.0. The average Bonchev–Trinajstić information content (AvgIpc) is 2.63. The molecular formula is C12H24N4O2S. The Balaban J connectivity index is 2.30. The molecule has 0 aromatic carbocycles. The highest BCUT2D eigenvalue weighted by atomic mass is 32.2. The van der Waals surface area contributed by atoms with Gasteiger partial charge in [0, 0.05) is 31.9 Å². The van der Waals surface area contributed by atoms with E-state index in [1.807, 2.05) is 17.9 Å². The summed E-state index contributed by atoms with van der Waals surface area (Å²) in [7, 11) is -1.15. The molecule has 1 rings (SSSR count). The molecule has 2 N–H and O–H groups in total. The summed E-state index contributed by atoms with van der Waals surface area (Å²) in [4.78, 5) is 0. The molecule has 6 nitrogen and oxygen atoms in total. The Morgan fingerprint density at radius 1 is 1.37 bits per heavy atom. The summed E-state index contributed by atoms with van der Waals surface area (Å²) in [5.41, 5.74) is 2.32. The Hall–Kier alpha value is -0.920. The number of rotatable bonds is 8. The molecule has 1 aromatic heterocycles. The van der Waals surface area contributed by atoms with E-state index in [-0.39, 0.29) is 0 Å². The van der Waals surface area contributed by atoms with E-state index in [9.17, 15) is 8.42 Å². The van der Waals surface area contributed by atoms with Gasteiger partial charge in [-0.3, -0.25) is 4.68 Å². The van der Waals surface area contributed by atoms with Gasteiger partial charge in [-0.15, -0.1) is 0 Å². The van der Waals surface area contributed by atoms with Gasteiger partial charge in [0.2, 0.25) is 10.0 Å². The number of hydrogen-bond donors (Lipinski definition) is 2. The zero-order chi connectivity index (χ0) is 14.5. The molecule has 7 heteroatoms. The van der Waals surface area contributed by atoms with Gasteiger partial charge in [0.25, 0.3) is 0 Å². The molecule has 0 saturated carbocycles. The fraction of sp³-hybridized carbons (Fsp3) is 0.750. The molecule has 0 radical (unpaired) electrons. The monoisotopic (exact) mass is 288 g/mol. The molecule has 0 fully saturated rings. The van der Waals surface area contributed by atoms with Crippen LogP contribution in [-0.4, -0.2) is 37.5 Å². The van der Waals surface area contributed by atoms with E-state index in [0.29, 0.717) is 12.5 Å². The summed E-state index contributed by atoms with van der Waals surface area (Å²) in [6.07, 6.45) is 3.96. The lowest BCUT2D eigenvalue weighted by Gasteiger charge is -2.07. The second-order valence-corrected chi connectivity index (χ2v) is 6.90. The second-order valence-electron chi connectivity index (χ2n) is 5.06. The van der Waals surface area contributed by atoms with Crippen LogP contribution in [0.25, 0.3) is 0 Å². The third-order valence-corrected chi connectivity index (χ3v) is 3.42. The third kappa shape index (κ3) is 6.17. The molecule has 0 aliphatic carbocycles. The maximum absolute atomic E-state index is 10.9. The lowest BCUT2D eigenvalue weighted by atomic mass is 10.1. The highest BCUT2D eigenvalue weighted by Gasteiger charge is 2.10. The number of nitrogens with one attached hydrogen (secondary N) is 2. The van der Waals surface area contributed by atoms with Crippen molar-refractivity contribution in [2.24, 2.45) is 7.05 Å². The molecule has 0 amide bonds. The average molecular weight is 288 g/mol. The summed E-state index contributed by atoms with van der Waals surface area (Å²) in [6, 6.07) is 0. The standard InChI is InChI=1S/C12H24N4O2S/c1-10(2)12-11(9-16(3)15-12)8-13-6-5-7-14-19(4,17)18/h9-10,13-14H,5-8H2,1-4H3. The normalized spacial score (nSPS) is 12.3. The first-order valence-corrected chi connectivity index (χ1v) is 8.36. The number of aromatic nitrogens is 2. The quantitative estimate of drug-likeness (QED) is 0.686. The number of aryl methyl sites for hydroxylation is 1. The van der Waals surface area contributed by atoms with Crippen molar-refractivity contribution in [3.63, 3.8) is 0 Å². The van der Waals surface area contributed by atoms with Crippen LogP contribution in [0.3, 0.4) is 0 Å². The fourth-order valence-corrected chi connectivity index (χ4v) is 2.39. The summed E-state index contributed by atoms with van der Waals surface area (Å²) in [6.45, 7) is 6.26. The highest BCUT2D eigenvalue weighted by molar-refractivity contribution is 7.88. The molecule has 0 atom stereocenters. The van der Waals surface area contributed by atoms with Crippen LogP contribution >= 0.6 is 0 Å². The molecule has 0 aliphatic heterocycles. The van der Waals surface area contributed by atoms with Gasteiger partial charge in [0.1, 0.15) is 0 Å². The minimum Gasteiger partial charge on any atom is -0.312 e. The molecule has 1 heterocycles. The van der Waals surface area contributed by atoms with E-state index in [1.165, 1.54) is 11.8 Å². The minimum atomic E-state index is -3.07. The molecular weight excluding hydrogens is 264 g/mol. The largest absolute Gasteiger partial charge is 0.312 e. The molecule has 1 aromatic rings. The summed E-state index contributed by atoms with van der Waals surface area (Å²) >= 11 is 0. The SMILES string of the molecule is CC(C)c1nn(C)cc1CNCCCNS(C)(=O)=O. The second kappa shape index (κ2) is 7.02. The predicted octanol–water partition coefficient (Wildman–Crippen LogP) is 0.572. The van der Waals surface area contributed by atoms with Crippen LogP contribution in [0, 0.1) is 0 Å². The van der Waals surface area contributed by atoms with E-state index >= 15 is 0 Å². The topological polar surface area (TPSA) is 76.0 Å². The number of sulfonamides is 1. The van der Waals surface area contributed by atoms with Crippen molar-refractivity contribution in [3.8, 4) is 0 Å². The molecule has 0 bridgehead atoms. The van der Waals surface area contributed by atoms with Crippen LogP contribution < -0.4 is 10.0 Å². The Kier molecular flexibility index (Phi) is 5.96. The maximum Gasteiger partial charge on any atom is 0.208 e. The lowest BCUT2D eigenvalue weighted by molar-refractivity contribution is 0.578. The highest BCUT2D eigenvalue weighted by Crippen LogP contribution is 2.16. The van der Waals surface area contributed by atoms with Crippen molar-refractivity contribution in [3.05, 3.63) is 17.5 Å². The van der Waals surface area contributed by atoms with Crippen LogP contribution in [0.5, 0.6) is 0 Å². The van der Waals surface area contributed by atoms with Crippen molar-refractivity contribution in [2.45, 2.75) is 32.7 Å². The van der Waals surface area contributed by atoms with E-state index in [1.54, 1.807) is 0 Å². The van der Waals surface area contributed by atoms with Crippen molar-refractivity contribution < 1.29 is 8.42 Å². The predicted molar refractivity (Wildman–Crippen MR) is 76.5 cm³/mol. The Bertz CT molecular complexity index is 494. The molecule has 0 aliphatic rings. The Morgan fingerprint density at radius 2 is 2.05 bits per heavy atom. The smallest absolute Gasteiger partial charge is 0.208 e. The van der Waals surface area contributed by atoms with Crippen LogP contribution in [-0.2, 0) is 23.6 Å². The molecule has 0 unspecified atom stereocenters. The first-order valence-electron chi connectivity index (χ1n) is 6.47. The van der Waals surface area contributed by atoms with Gasteiger partial charge >= 0.3 is 0 Å². The fourth-order valence-electron chi connectivity index (χ4n) is 1.87. The van der Waals surface area contributed by atoms with Crippen molar-refractivity contribution >= 4 is 10.0 Å².